The SMILES string of the molecule is Cc1cc(P(c2cccc(C(C)(C)C)c2O)c2cc(C)cc(C(C)(C)C)c2OCc2ccccc2)c(OCc2ccccc2)c(C(C)(C)C)c1. The summed E-state index contributed by atoms with van der Waals surface area (Å²) in [5, 5.41) is 15.4. The molecule has 0 saturated carbocycles. The van der Waals surface area contributed by atoms with E-state index in [1.54, 1.807) is 0 Å². The fourth-order valence-electron chi connectivity index (χ4n) is 6.42. The molecular formula is C46H55O3P. The monoisotopic (exact) mass is 686 g/mol. The van der Waals surface area contributed by atoms with E-state index in [4.69, 9.17) is 9.47 Å². The van der Waals surface area contributed by atoms with Crippen molar-refractivity contribution in [2.24, 2.45) is 0 Å². The summed E-state index contributed by atoms with van der Waals surface area (Å²) in [6.45, 7) is 25.2. The minimum Gasteiger partial charge on any atom is -0.507 e. The Labute approximate surface area is 302 Å². The average Bonchev–Trinajstić information content (AvgIpc) is 3.04. The number of para-hydroxylation sites is 1. The van der Waals surface area contributed by atoms with Crippen LogP contribution in [0.2, 0.25) is 0 Å². The Morgan fingerprint density at radius 1 is 0.480 bits per heavy atom. The van der Waals surface area contributed by atoms with Gasteiger partial charge in [-0.15, -0.1) is 0 Å². The molecule has 5 aromatic rings. The Bertz CT molecular complexity index is 1810. The third-order valence-electron chi connectivity index (χ3n) is 9.04. The molecule has 0 spiro atoms. The summed E-state index contributed by atoms with van der Waals surface area (Å²) in [5.41, 5.74) is 7.11. The lowest BCUT2D eigenvalue weighted by atomic mass is 9.85. The predicted octanol–water partition coefficient (Wildman–Crippen LogP) is 10.8. The maximum atomic E-state index is 12.3. The number of rotatable bonds is 9. The van der Waals surface area contributed by atoms with Gasteiger partial charge in [0, 0.05) is 27.0 Å². The molecule has 3 nitrogen and oxygen atoms in total. The first kappa shape index (κ1) is 37.2. The van der Waals surface area contributed by atoms with Crippen molar-refractivity contribution in [1.29, 1.82) is 0 Å². The molecule has 1 N–H and O–H groups in total. The number of benzene rings is 5. The molecule has 0 aliphatic carbocycles. The maximum absolute atomic E-state index is 12.3. The number of ether oxygens (including phenoxy) is 2. The van der Waals surface area contributed by atoms with Crippen LogP contribution >= 0.6 is 7.92 Å². The molecule has 0 aliphatic rings. The summed E-state index contributed by atoms with van der Waals surface area (Å²) < 4.78 is 14.0. The van der Waals surface area contributed by atoms with Gasteiger partial charge in [0.25, 0.3) is 0 Å². The van der Waals surface area contributed by atoms with Crippen molar-refractivity contribution in [2.75, 3.05) is 0 Å². The molecule has 0 saturated heterocycles. The second-order valence-electron chi connectivity index (χ2n) is 16.6. The molecule has 4 heteroatoms. The van der Waals surface area contributed by atoms with Gasteiger partial charge in [0.15, 0.2) is 0 Å². The predicted molar refractivity (Wildman–Crippen MR) is 214 cm³/mol. The molecule has 0 heterocycles. The Morgan fingerprint density at radius 3 is 1.26 bits per heavy atom. The lowest BCUT2D eigenvalue weighted by Crippen LogP contribution is -2.29. The Morgan fingerprint density at radius 2 is 0.880 bits per heavy atom. The van der Waals surface area contributed by atoms with Crippen LogP contribution in [0.4, 0.5) is 0 Å². The summed E-state index contributed by atoms with van der Waals surface area (Å²) in [4.78, 5) is 0. The van der Waals surface area contributed by atoms with Crippen LogP contribution in [0.25, 0.3) is 0 Å². The number of phenolic OH excluding ortho intramolecular Hbond substituents is 1. The fourth-order valence-corrected chi connectivity index (χ4v) is 9.21. The van der Waals surface area contributed by atoms with Gasteiger partial charge in [-0.2, -0.15) is 0 Å². The van der Waals surface area contributed by atoms with E-state index < -0.39 is 7.92 Å². The van der Waals surface area contributed by atoms with Gasteiger partial charge in [-0.3, -0.25) is 0 Å². The van der Waals surface area contributed by atoms with Crippen LogP contribution in [0.5, 0.6) is 17.2 Å². The molecule has 50 heavy (non-hydrogen) atoms. The Hall–Kier alpha value is -4.07. The third-order valence-corrected chi connectivity index (χ3v) is 11.5. The third kappa shape index (κ3) is 8.44. The van der Waals surface area contributed by atoms with Crippen LogP contribution in [0.3, 0.4) is 0 Å². The standard InChI is InChI=1S/C46H55O3P/c1-31-25-36(45(6,7)8)42(48-29-33-19-14-12-15-20-33)39(27-31)50(38-24-18-23-35(41(38)47)44(3,4)5)40-28-32(2)26-37(46(9,10)11)43(40)49-30-34-21-16-13-17-22-34/h12-28,47H,29-30H2,1-11H3. The molecule has 0 fully saturated rings. The van der Waals surface area contributed by atoms with E-state index in [-0.39, 0.29) is 16.2 Å². The van der Waals surface area contributed by atoms with Gasteiger partial charge in [0.05, 0.1) is 0 Å². The summed E-state index contributed by atoms with van der Waals surface area (Å²) >= 11 is 0. The van der Waals surface area contributed by atoms with Gasteiger partial charge in [-0.25, -0.2) is 0 Å². The van der Waals surface area contributed by atoms with Crippen LogP contribution in [0.15, 0.2) is 103 Å². The Balaban J connectivity index is 1.88. The number of aromatic hydroxyl groups is 1. The van der Waals surface area contributed by atoms with E-state index in [0.29, 0.717) is 19.0 Å². The van der Waals surface area contributed by atoms with Crippen LogP contribution in [-0.2, 0) is 29.5 Å². The lowest BCUT2D eigenvalue weighted by Gasteiger charge is -2.33. The quantitative estimate of drug-likeness (QED) is 0.157. The smallest absolute Gasteiger partial charge is 0.131 e. The first-order valence-corrected chi connectivity index (χ1v) is 19.1. The Kier molecular flexibility index (Phi) is 10.9. The van der Waals surface area contributed by atoms with Gasteiger partial charge in [-0.05, 0) is 78.0 Å². The van der Waals surface area contributed by atoms with Gasteiger partial charge in [0.1, 0.15) is 30.5 Å². The van der Waals surface area contributed by atoms with Crippen molar-refractivity contribution < 1.29 is 14.6 Å². The van der Waals surface area contributed by atoms with Crippen molar-refractivity contribution in [3.63, 3.8) is 0 Å². The van der Waals surface area contributed by atoms with Gasteiger partial charge >= 0.3 is 0 Å². The summed E-state index contributed by atoms with van der Waals surface area (Å²) in [6.07, 6.45) is 0. The molecule has 0 bridgehead atoms. The van der Waals surface area contributed by atoms with Crippen molar-refractivity contribution in [3.05, 3.63) is 142 Å². The van der Waals surface area contributed by atoms with Gasteiger partial charge in [-0.1, -0.05) is 153 Å². The van der Waals surface area contributed by atoms with Gasteiger partial charge < -0.3 is 14.6 Å². The van der Waals surface area contributed by atoms with Crippen molar-refractivity contribution in [3.8, 4) is 17.2 Å². The average molecular weight is 687 g/mol. The first-order chi connectivity index (χ1) is 23.4. The number of aryl methyl sites for hydroxylation is 2. The van der Waals surface area contributed by atoms with Crippen LogP contribution < -0.4 is 25.4 Å². The van der Waals surface area contributed by atoms with E-state index in [9.17, 15) is 5.11 Å². The van der Waals surface area contributed by atoms with E-state index >= 15 is 0 Å². The molecular weight excluding hydrogens is 631 g/mol. The second-order valence-corrected chi connectivity index (χ2v) is 18.7. The topological polar surface area (TPSA) is 38.7 Å². The molecule has 0 aliphatic heterocycles. The number of hydrogen-bond acceptors (Lipinski definition) is 3. The maximum Gasteiger partial charge on any atom is 0.131 e. The number of phenols is 1. The molecule has 0 unspecified atom stereocenters. The summed E-state index contributed by atoms with van der Waals surface area (Å²) in [7, 11) is -1.39. The normalized spacial score (nSPS) is 12.3. The van der Waals surface area contributed by atoms with Crippen molar-refractivity contribution >= 4 is 23.8 Å². The molecule has 0 amide bonds. The molecule has 0 atom stereocenters. The van der Waals surface area contributed by atoms with E-state index in [1.165, 1.54) is 0 Å². The molecule has 5 aromatic carbocycles. The van der Waals surface area contributed by atoms with E-state index in [1.807, 2.05) is 12.1 Å². The molecule has 0 aromatic heterocycles. The van der Waals surface area contributed by atoms with Crippen LogP contribution in [0, 0.1) is 13.8 Å². The minimum absolute atomic E-state index is 0.196. The lowest BCUT2D eigenvalue weighted by molar-refractivity contribution is 0.299. The second kappa shape index (κ2) is 14.7. The molecule has 5 rings (SSSR count). The highest BCUT2D eigenvalue weighted by atomic mass is 31.1. The van der Waals surface area contributed by atoms with Crippen molar-refractivity contribution in [1.82, 2.24) is 0 Å². The summed E-state index contributed by atoms with van der Waals surface area (Å²) in [6, 6.07) is 36.1. The zero-order chi connectivity index (χ0) is 36.4. The van der Waals surface area contributed by atoms with Crippen LogP contribution in [-0.4, -0.2) is 5.11 Å². The largest absolute Gasteiger partial charge is 0.507 e. The van der Waals surface area contributed by atoms with E-state index in [0.717, 1.165) is 66.4 Å². The minimum atomic E-state index is -1.39. The molecule has 0 radical (unpaired) electrons. The zero-order valence-corrected chi connectivity index (χ0v) is 32.8. The first-order valence-electron chi connectivity index (χ1n) is 17.7. The highest BCUT2D eigenvalue weighted by Gasteiger charge is 2.34. The number of hydrogen-bond donors (Lipinski definition) is 1. The van der Waals surface area contributed by atoms with Crippen molar-refractivity contribution in [2.45, 2.75) is 106 Å². The van der Waals surface area contributed by atoms with Crippen LogP contribution in [0.1, 0.15) is 101 Å². The fraction of sp³-hybridized carbons (Fsp3) is 0.348. The summed E-state index contributed by atoms with van der Waals surface area (Å²) in [5.74, 6) is 2.10. The van der Waals surface area contributed by atoms with E-state index in [2.05, 4.69) is 167 Å². The zero-order valence-electron chi connectivity index (χ0n) is 31.9. The highest BCUT2D eigenvalue weighted by molar-refractivity contribution is 7.80. The highest BCUT2D eigenvalue weighted by Crippen LogP contribution is 2.48. The van der Waals surface area contributed by atoms with Gasteiger partial charge in [0.2, 0.25) is 0 Å². The molecule has 262 valence electrons.